The summed E-state index contributed by atoms with van der Waals surface area (Å²) in [5.74, 6) is -0.0304. The Hall–Kier alpha value is -3.79. The molecule has 1 atom stereocenters. The zero-order valence-corrected chi connectivity index (χ0v) is 19.1. The van der Waals surface area contributed by atoms with Crippen molar-refractivity contribution in [1.29, 1.82) is 0 Å². The SMILES string of the molecule is CCNc1c(C(=O)Nc2ccc(-c3c(C)on(C)c3=O)cc2)cc(C(C)F)nc1C=O.CO. The Morgan fingerprint density at radius 2 is 1.94 bits per heavy atom. The fourth-order valence-electron chi connectivity index (χ4n) is 3.26. The molecule has 33 heavy (non-hydrogen) atoms. The molecule has 0 radical (unpaired) electrons. The summed E-state index contributed by atoms with van der Waals surface area (Å²) in [7, 11) is 2.53. The van der Waals surface area contributed by atoms with Crippen molar-refractivity contribution in [3.63, 3.8) is 0 Å². The van der Waals surface area contributed by atoms with Crippen molar-refractivity contribution in [2.75, 3.05) is 24.3 Å². The summed E-state index contributed by atoms with van der Waals surface area (Å²) in [6, 6.07) is 8.01. The van der Waals surface area contributed by atoms with Gasteiger partial charge < -0.3 is 20.3 Å². The van der Waals surface area contributed by atoms with Gasteiger partial charge in [-0.3, -0.25) is 14.4 Å². The number of benzene rings is 1. The van der Waals surface area contributed by atoms with Crippen molar-refractivity contribution in [2.45, 2.75) is 26.9 Å². The molecule has 176 valence electrons. The summed E-state index contributed by atoms with van der Waals surface area (Å²) in [4.78, 5) is 40.6. The fourth-order valence-corrected chi connectivity index (χ4v) is 3.26. The van der Waals surface area contributed by atoms with Crippen LogP contribution in [0.5, 0.6) is 0 Å². The largest absolute Gasteiger partial charge is 0.400 e. The summed E-state index contributed by atoms with van der Waals surface area (Å²) in [6.07, 6.45) is -0.954. The third-order valence-corrected chi connectivity index (χ3v) is 4.74. The van der Waals surface area contributed by atoms with Crippen LogP contribution < -0.4 is 16.2 Å². The molecular formula is C23H27FN4O5. The van der Waals surface area contributed by atoms with Crippen molar-refractivity contribution in [2.24, 2.45) is 7.05 Å². The Kier molecular flexibility index (Phi) is 8.63. The molecule has 2 heterocycles. The minimum Gasteiger partial charge on any atom is -0.400 e. The van der Waals surface area contributed by atoms with E-state index in [4.69, 9.17) is 9.63 Å². The van der Waals surface area contributed by atoms with Crippen LogP contribution in [0.2, 0.25) is 0 Å². The molecule has 0 saturated heterocycles. The lowest BCUT2D eigenvalue weighted by molar-refractivity contribution is 0.102. The van der Waals surface area contributed by atoms with Crippen molar-refractivity contribution >= 4 is 23.6 Å². The lowest BCUT2D eigenvalue weighted by Crippen LogP contribution is -2.18. The first-order valence-corrected chi connectivity index (χ1v) is 10.2. The van der Waals surface area contributed by atoms with E-state index in [0.717, 1.165) is 11.8 Å². The lowest BCUT2D eigenvalue weighted by atomic mass is 10.1. The molecule has 9 nitrogen and oxygen atoms in total. The van der Waals surface area contributed by atoms with Gasteiger partial charge in [-0.15, -0.1) is 0 Å². The summed E-state index contributed by atoms with van der Waals surface area (Å²) in [6.45, 7) is 5.24. The summed E-state index contributed by atoms with van der Waals surface area (Å²) in [5.41, 5.74) is 1.63. The molecule has 0 aliphatic carbocycles. The molecule has 1 aromatic carbocycles. The van der Waals surface area contributed by atoms with E-state index in [1.165, 1.54) is 20.0 Å². The van der Waals surface area contributed by atoms with Crippen molar-refractivity contribution in [1.82, 2.24) is 9.72 Å². The second-order valence-corrected chi connectivity index (χ2v) is 6.98. The van der Waals surface area contributed by atoms with E-state index in [2.05, 4.69) is 15.6 Å². The van der Waals surface area contributed by atoms with Crippen LogP contribution in [0.3, 0.4) is 0 Å². The van der Waals surface area contributed by atoms with Crippen LogP contribution in [0.4, 0.5) is 15.8 Å². The highest BCUT2D eigenvalue weighted by molar-refractivity contribution is 6.10. The van der Waals surface area contributed by atoms with E-state index in [1.807, 2.05) is 6.92 Å². The lowest BCUT2D eigenvalue weighted by Gasteiger charge is -2.15. The number of aliphatic hydroxyl groups is 1. The van der Waals surface area contributed by atoms with E-state index < -0.39 is 12.1 Å². The number of halogens is 1. The molecule has 1 unspecified atom stereocenters. The number of nitrogens with one attached hydrogen (secondary N) is 2. The number of hydrogen-bond donors (Lipinski definition) is 3. The summed E-state index contributed by atoms with van der Waals surface area (Å²) in [5, 5.41) is 12.7. The van der Waals surface area contributed by atoms with Gasteiger partial charge in [0.1, 0.15) is 17.6 Å². The molecule has 2 aromatic heterocycles. The molecule has 3 N–H and O–H groups in total. The molecule has 0 fully saturated rings. The van der Waals surface area contributed by atoms with Gasteiger partial charge in [-0.1, -0.05) is 12.1 Å². The number of aldehydes is 1. The Labute approximate surface area is 190 Å². The zero-order chi connectivity index (χ0) is 24.7. The first-order valence-electron chi connectivity index (χ1n) is 10.2. The third-order valence-electron chi connectivity index (χ3n) is 4.74. The Balaban J connectivity index is 0.00000187. The molecule has 10 heteroatoms. The molecule has 0 saturated carbocycles. The van der Waals surface area contributed by atoms with Gasteiger partial charge in [-0.2, -0.15) is 4.74 Å². The normalized spacial score (nSPS) is 11.2. The van der Waals surface area contributed by atoms with Gasteiger partial charge in [0.2, 0.25) is 0 Å². The number of aromatic nitrogens is 2. The maximum Gasteiger partial charge on any atom is 0.290 e. The van der Waals surface area contributed by atoms with Crippen molar-refractivity contribution in [3.8, 4) is 11.1 Å². The van der Waals surface area contributed by atoms with Crippen LogP contribution in [0.25, 0.3) is 11.1 Å². The second kappa shape index (κ2) is 11.2. The number of pyridine rings is 1. The van der Waals surface area contributed by atoms with Crippen LogP contribution in [-0.2, 0) is 7.05 Å². The second-order valence-electron chi connectivity index (χ2n) is 6.98. The highest BCUT2D eigenvalue weighted by Crippen LogP contribution is 2.26. The van der Waals surface area contributed by atoms with Gasteiger partial charge in [0.15, 0.2) is 6.29 Å². The first kappa shape index (κ1) is 25.5. The highest BCUT2D eigenvalue weighted by Gasteiger charge is 2.20. The smallest absolute Gasteiger partial charge is 0.290 e. The van der Waals surface area contributed by atoms with Crippen LogP contribution in [-0.4, -0.2) is 40.7 Å². The number of aliphatic hydroxyl groups excluding tert-OH is 1. The van der Waals surface area contributed by atoms with Crippen LogP contribution in [0.15, 0.2) is 39.6 Å². The van der Waals surface area contributed by atoms with Gasteiger partial charge in [0.25, 0.3) is 11.5 Å². The maximum absolute atomic E-state index is 13.8. The summed E-state index contributed by atoms with van der Waals surface area (Å²) < 4.78 is 20.3. The topological polar surface area (TPSA) is 126 Å². The van der Waals surface area contributed by atoms with Crippen molar-refractivity contribution in [3.05, 3.63) is 63.4 Å². The molecule has 0 spiro atoms. The predicted octanol–water partition coefficient (Wildman–Crippen LogP) is 3.48. The van der Waals surface area contributed by atoms with Crippen LogP contribution in [0.1, 0.15) is 52.3 Å². The van der Waals surface area contributed by atoms with E-state index in [1.54, 1.807) is 31.2 Å². The van der Waals surface area contributed by atoms with E-state index in [0.29, 0.717) is 35.4 Å². The number of carbonyl (C=O) groups is 2. The number of nitrogens with zero attached hydrogens (tertiary/aromatic N) is 2. The first-order chi connectivity index (χ1) is 15.8. The number of anilines is 2. The Morgan fingerprint density at radius 1 is 1.30 bits per heavy atom. The van der Waals surface area contributed by atoms with Gasteiger partial charge in [-0.25, -0.2) is 9.37 Å². The predicted molar refractivity (Wildman–Crippen MR) is 124 cm³/mol. The molecule has 3 rings (SSSR count). The van der Waals surface area contributed by atoms with Gasteiger partial charge in [0.05, 0.1) is 22.5 Å². The van der Waals surface area contributed by atoms with Crippen molar-refractivity contribution < 1.29 is 23.6 Å². The van der Waals surface area contributed by atoms with Gasteiger partial charge in [-0.05, 0) is 44.5 Å². The monoisotopic (exact) mass is 458 g/mol. The van der Waals surface area contributed by atoms with Crippen LogP contribution in [0, 0.1) is 6.92 Å². The third kappa shape index (κ3) is 5.53. The molecule has 1 amide bonds. The minimum absolute atomic E-state index is 0.00414. The number of rotatable bonds is 7. The summed E-state index contributed by atoms with van der Waals surface area (Å²) >= 11 is 0. The number of amides is 1. The Bertz CT molecular complexity index is 1180. The molecule has 3 aromatic rings. The van der Waals surface area contributed by atoms with Gasteiger partial charge >= 0.3 is 0 Å². The van der Waals surface area contributed by atoms with E-state index in [-0.39, 0.29) is 28.2 Å². The van der Waals surface area contributed by atoms with Crippen LogP contribution >= 0.6 is 0 Å². The Morgan fingerprint density at radius 3 is 2.42 bits per heavy atom. The van der Waals surface area contributed by atoms with Gasteiger partial charge in [0, 0.05) is 26.4 Å². The van der Waals surface area contributed by atoms with E-state index in [9.17, 15) is 18.8 Å². The highest BCUT2D eigenvalue weighted by atomic mass is 19.1. The zero-order valence-electron chi connectivity index (χ0n) is 19.1. The number of alkyl halides is 1. The average molecular weight is 458 g/mol. The molecule has 0 bridgehead atoms. The number of hydrogen-bond acceptors (Lipinski definition) is 7. The fraction of sp³-hybridized carbons (Fsp3) is 0.304. The average Bonchev–Trinajstić information content (AvgIpc) is 3.06. The standard InChI is InChI=1S/C22H23FN4O4.CH4O/c1-5-24-20-16(10-17(12(2)23)26-18(20)11-28)21(29)25-15-8-6-14(7-9-15)19-13(3)31-27(4)22(19)30;1-2/h6-12,24H,5H2,1-4H3,(H,25,29);2H,1H3. The number of carbonyl (C=O) groups excluding carboxylic acids is 2. The molecular weight excluding hydrogens is 431 g/mol. The minimum atomic E-state index is -1.44. The number of aryl methyl sites for hydroxylation is 2. The maximum atomic E-state index is 13.8. The van der Waals surface area contributed by atoms with E-state index >= 15 is 0 Å². The quantitative estimate of drug-likeness (QED) is 0.463. The molecule has 0 aliphatic heterocycles. The molecule has 0 aliphatic rings.